The first-order chi connectivity index (χ1) is 5.61. The van der Waals surface area contributed by atoms with E-state index >= 15 is 0 Å². The number of amides is 2. The molecular formula is C4H6N6O2. The van der Waals surface area contributed by atoms with E-state index < -0.39 is 11.8 Å². The van der Waals surface area contributed by atoms with Crippen molar-refractivity contribution < 1.29 is 9.59 Å². The van der Waals surface area contributed by atoms with Crippen molar-refractivity contribution in [2.45, 2.75) is 0 Å². The van der Waals surface area contributed by atoms with Crippen molar-refractivity contribution in [3.05, 3.63) is 0 Å². The van der Waals surface area contributed by atoms with Crippen LogP contribution in [0.1, 0.15) is 0 Å². The van der Waals surface area contributed by atoms with Gasteiger partial charge in [-0.15, -0.1) is 10.2 Å². The summed E-state index contributed by atoms with van der Waals surface area (Å²) in [6, 6.07) is 0. The van der Waals surface area contributed by atoms with Crippen LogP contribution >= 0.6 is 0 Å². The van der Waals surface area contributed by atoms with Gasteiger partial charge in [-0.1, -0.05) is 0 Å². The minimum atomic E-state index is -0.783. The van der Waals surface area contributed by atoms with Crippen LogP contribution in [0.2, 0.25) is 0 Å². The third-order valence-corrected chi connectivity index (χ3v) is 1.01. The maximum Gasteiger partial charge on any atom is 0.287 e. The van der Waals surface area contributed by atoms with E-state index in [0.29, 0.717) is 0 Å². The molecule has 0 saturated heterocycles. The standard InChI is InChI=1S/C4H6N6O2/c5-1(11)3-7-9-4(2(6)12)10-8-3/h(H2,5,11)(H2,6,12)(H,7,8)(H,9,10). The van der Waals surface area contributed by atoms with Crippen LogP contribution in [-0.4, -0.2) is 23.5 Å². The maximum atomic E-state index is 10.4. The SMILES string of the molecule is NC(=O)C1=NNC(C(N)=O)=NN1. The number of hydrogen-bond donors (Lipinski definition) is 4. The van der Waals surface area contributed by atoms with Crippen LogP contribution in [0.15, 0.2) is 10.2 Å². The molecule has 0 atom stereocenters. The van der Waals surface area contributed by atoms with Gasteiger partial charge in [0.05, 0.1) is 0 Å². The van der Waals surface area contributed by atoms with Crippen molar-refractivity contribution in [1.29, 1.82) is 0 Å². The fraction of sp³-hybridized carbons (Fsp3) is 0. The van der Waals surface area contributed by atoms with E-state index in [9.17, 15) is 9.59 Å². The smallest absolute Gasteiger partial charge is 0.287 e. The van der Waals surface area contributed by atoms with Gasteiger partial charge in [0.2, 0.25) is 11.7 Å². The molecule has 0 saturated carbocycles. The van der Waals surface area contributed by atoms with Crippen LogP contribution in [0.25, 0.3) is 0 Å². The Morgan fingerprint density at radius 2 is 1.33 bits per heavy atom. The summed E-state index contributed by atoms with van der Waals surface area (Å²) in [5.41, 5.74) is 14.0. The summed E-state index contributed by atoms with van der Waals surface area (Å²) >= 11 is 0. The third-order valence-electron chi connectivity index (χ3n) is 1.01. The average Bonchev–Trinajstić information content (AvgIpc) is 2.04. The molecule has 0 unspecified atom stereocenters. The molecule has 1 aliphatic heterocycles. The van der Waals surface area contributed by atoms with Gasteiger partial charge in [-0.2, -0.15) is 0 Å². The van der Waals surface area contributed by atoms with Gasteiger partial charge in [0, 0.05) is 0 Å². The molecule has 0 spiro atoms. The highest BCUT2D eigenvalue weighted by Gasteiger charge is 2.14. The quantitative estimate of drug-likeness (QED) is 0.346. The van der Waals surface area contributed by atoms with Crippen molar-refractivity contribution in [1.82, 2.24) is 10.9 Å². The maximum absolute atomic E-state index is 10.4. The molecule has 0 aromatic rings. The molecule has 1 rings (SSSR count). The lowest BCUT2D eigenvalue weighted by Gasteiger charge is -2.09. The van der Waals surface area contributed by atoms with Gasteiger partial charge in [0.25, 0.3) is 11.8 Å². The Kier molecular flexibility index (Phi) is 1.90. The molecule has 0 bridgehead atoms. The van der Waals surface area contributed by atoms with E-state index in [4.69, 9.17) is 11.5 Å². The van der Waals surface area contributed by atoms with Crippen LogP contribution in [0.5, 0.6) is 0 Å². The minimum Gasteiger partial charge on any atom is -0.363 e. The second kappa shape index (κ2) is 2.86. The van der Waals surface area contributed by atoms with Crippen molar-refractivity contribution in [3.8, 4) is 0 Å². The molecule has 8 nitrogen and oxygen atoms in total. The van der Waals surface area contributed by atoms with Crippen LogP contribution in [-0.2, 0) is 9.59 Å². The Morgan fingerprint density at radius 1 is 1.00 bits per heavy atom. The van der Waals surface area contributed by atoms with E-state index in [1.165, 1.54) is 0 Å². The summed E-state index contributed by atoms with van der Waals surface area (Å²) in [6.45, 7) is 0. The summed E-state index contributed by atoms with van der Waals surface area (Å²) in [6.07, 6.45) is 0. The van der Waals surface area contributed by atoms with E-state index in [1.54, 1.807) is 0 Å². The molecule has 1 aliphatic rings. The van der Waals surface area contributed by atoms with Crippen molar-refractivity contribution in [2.24, 2.45) is 21.7 Å². The molecule has 12 heavy (non-hydrogen) atoms. The van der Waals surface area contributed by atoms with Gasteiger partial charge < -0.3 is 11.5 Å². The second-order valence-corrected chi connectivity index (χ2v) is 1.87. The number of hydrazone groups is 2. The van der Waals surface area contributed by atoms with Crippen molar-refractivity contribution in [2.75, 3.05) is 0 Å². The van der Waals surface area contributed by atoms with Crippen molar-refractivity contribution in [3.63, 3.8) is 0 Å². The first-order valence-corrected chi connectivity index (χ1v) is 2.88. The van der Waals surface area contributed by atoms with Crippen molar-refractivity contribution >= 4 is 23.5 Å². The predicted molar refractivity (Wildman–Crippen MR) is 39.5 cm³/mol. The Bertz CT molecular complexity index is 262. The number of carbonyl (C=O) groups is 2. The third kappa shape index (κ3) is 1.48. The van der Waals surface area contributed by atoms with Crippen LogP contribution < -0.4 is 22.3 Å². The molecule has 0 aromatic carbocycles. The molecule has 2 amide bonds. The molecule has 0 aliphatic carbocycles. The van der Waals surface area contributed by atoms with E-state index in [2.05, 4.69) is 21.1 Å². The minimum absolute atomic E-state index is 0.181. The summed E-state index contributed by atoms with van der Waals surface area (Å²) in [5.74, 6) is -1.93. The number of carbonyl (C=O) groups excluding carboxylic acids is 2. The molecule has 64 valence electrons. The molecule has 0 radical (unpaired) electrons. The number of amidine groups is 2. The monoisotopic (exact) mass is 170 g/mol. The number of hydrogen-bond acceptors (Lipinski definition) is 6. The van der Waals surface area contributed by atoms with Gasteiger partial charge >= 0.3 is 0 Å². The van der Waals surface area contributed by atoms with Gasteiger partial charge in [-0.3, -0.25) is 20.4 Å². The van der Waals surface area contributed by atoms with E-state index in [0.717, 1.165) is 0 Å². The largest absolute Gasteiger partial charge is 0.363 e. The predicted octanol–water partition coefficient (Wildman–Crippen LogP) is -3.22. The Balaban J connectivity index is 2.66. The topological polar surface area (TPSA) is 135 Å². The molecule has 0 fully saturated rings. The fourth-order valence-electron chi connectivity index (χ4n) is 0.488. The Labute approximate surface area is 66.7 Å². The molecule has 8 heteroatoms. The summed E-state index contributed by atoms with van der Waals surface area (Å²) < 4.78 is 0. The van der Waals surface area contributed by atoms with Crippen LogP contribution in [0.4, 0.5) is 0 Å². The zero-order valence-corrected chi connectivity index (χ0v) is 5.87. The van der Waals surface area contributed by atoms with Gasteiger partial charge in [0.15, 0.2) is 0 Å². The highest BCUT2D eigenvalue weighted by atomic mass is 16.2. The molecular weight excluding hydrogens is 164 g/mol. The molecule has 1 heterocycles. The summed E-state index contributed by atoms with van der Waals surface area (Å²) in [7, 11) is 0. The number of nitrogens with two attached hydrogens (primary N) is 2. The lowest BCUT2D eigenvalue weighted by Crippen LogP contribution is -2.45. The van der Waals surface area contributed by atoms with Gasteiger partial charge in [-0.25, -0.2) is 0 Å². The average molecular weight is 170 g/mol. The first-order valence-electron chi connectivity index (χ1n) is 2.88. The molecule has 6 N–H and O–H groups in total. The first kappa shape index (κ1) is 7.98. The number of nitrogens with zero attached hydrogens (tertiary/aromatic N) is 2. The molecule has 0 aromatic heterocycles. The lowest BCUT2D eigenvalue weighted by molar-refractivity contribution is -0.113. The van der Waals surface area contributed by atoms with Crippen LogP contribution in [0, 0.1) is 0 Å². The van der Waals surface area contributed by atoms with E-state index in [1.807, 2.05) is 0 Å². The zero-order valence-electron chi connectivity index (χ0n) is 5.87. The Hall–Kier alpha value is -2.12. The number of nitrogens with one attached hydrogen (secondary N) is 2. The Morgan fingerprint density at radius 3 is 1.50 bits per heavy atom. The lowest BCUT2D eigenvalue weighted by atomic mass is 10.5. The number of primary amides is 2. The van der Waals surface area contributed by atoms with Gasteiger partial charge in [-0.05, 0) is 0 Å². The zero-order chi connectivity index (χ0) is 9.14. The number of rotatable bonds is 2. The summed E-state index contributed by atoms with van der Waals surface area (Å²) in [4.78, 5) is 20.9. The normalized spacial score (nSPS) is 15.0. The van der Waals surface area contributed by atoms with Crippen LogP contribution in [0.3, 0.4) is 0 Å². The van der Waals surface area contributed by atoms with E-state index in [-0.39, 0.29) is 11.7 Å². The summed E-state index contributed by atoms with van der Waals surface area (Å²) in [5, 5.41) is 6.76. The second-order valence-electron chi connectivity index (χ2n) is 1.87. The van der Waals surface area contributed by atoms with Gasteiger partial charge in [0.1, 0.15) is 0 Å². The highest BCUT2D eigenvalue weighted by Crippen LogP contribution is 1.81. The fourth-order valence-corrected chi connectivity index (χ4v) is 0.488. The highest BCUT2D eigenvalue weighted by molar-refractivity contribution is 6.41.